The maximum absolute atomic E-state index is 5.32. The molecule has 18 heavy (non-hydrogen) atoms. The molecule has 0 saturated heterocycles. The van der Waals surface area contributed by atoms with Crippen LogP contribution in [0.25, 0.3) is 0 Å². The SMILES string of the molecule is COc1cccc(N(C)c2cc(NN)ncn2)c1. The number of benzene rings is 1. The van der Waals surface area contributed by atoms with Gasteiger partial charge in [0.15, 0.2) is 0 Å². The highest BCUT2D eigenvalue weighted by Gasteiger charge is 2.07. The van der Waals surface area contributed by atoms with E-state index >= 15 is 0 Å². The molecule has 6 heteroatoms. The van der Waals surface area contributed by atoms with Crippen LogP contribution in [0.15, 0.2) is 36.7 Å². The number of ether oxygens (including phenoxy) is 1. The lowest BCUT2D eigenvalue weighted by Gasteiger charge is -2.19. The van der Waals surface area contributed by atoms with Crippen molar-refractivity contribution in [2.75, 3.05) is 24.5 Å². The first-order valence-electron chi connectivity index (χ1n) is 5.41. The van der Waals surface area contributed by atoms with Crippen LogP contribution in [0.3, 0.4) is 0 Å². The maximum atomic E-state index is 5.32. The van der Waals surface area contributed by atoms with Crippen LogP contribution in [0.2, 0.25) is 0 Å². The van der Waals surface area contributed by atoms with Gasteiger partial charge in [-0.15, -0.1) is 0 Å². The average Bonchev–Trinajstić information content (AvgIpc) is 2.46. The summed E-state index contributed by atoms with van der Waals surface area (Å²) in [6, 6.07) is 9.48. The minimum atomic E-state index is 0.565. The second-order valence-corrected chi connectivity index (χ2v) is 3.67. The standard InChI is InChI=1S/C12H15N5O/c1-17(9-4-3-5-10(6-9)18-2)12-7-11(16-13)14-8-15-12/h3-8H,13H2,1-2H3,(H,14,15,16). The van der Waals surface area contributed by atoms with E-state index in [1.54, 1.807) is 13.2 Å². The summed E-state index contributed by atoms with van der Waals surface area (Å²) in [5, 5.41) is 0. The lowest BCUT2D eigenvalue weighted by molar-refractivity contribution is 0.415. The Kier molecular flexibility index (Phi) is 3.59. The zero-order valence-electron chi connectivity index (χ0n) is 10.3. The lowest BCUT2D eigenvalue weighted by Crippen LogP contribution is -2.14. The van der Waals surface area contributed by atoms with Gasteiger partial charge < -0.3 is 15.1 Å². The van der Waals surface area contributed by atoms with E-state index in [1.807, 2.05) is 36.2 Å². The highest BCUT2D eigenvalue weighted by molar-refractivity contribution is 5.62. The Bertz CT molecular complexity index is 484. The molecule has 0 saturated carbocycles. The monoisotopic (exact) mass is 245 g/mol. The van der Waals surface area contributed by atoms with Gasteiger partial charge in [-0.05, 0) is 12.1 Å². The average molecular weight is 245 g/mol. The van der Waals surface area contributed by atoms with E-state index in [-0.39, 0.29) is 0 Å². The molecule has 0 atom stereocenters. The summed E-state index contributed by atoms with van der Waals surface area (Å²) in [7, 11) is 3.55. The van der Waals surface area contributed by atoms with E-state index in [9.17, 15) is 0 Å². The van der Waals surface area contributed by atoms with E-state index in [0.717, 1.165) is 17.3 Å². The molecule has 0 bridgehead atoms. The molecule has 0 aliphatic rings. The fourth-order valence-electron chi connectivity index (χ4n) is 1.56. The van der Waals surface area contributed by atoms with Crippen molar-refractivity contribution in [3.8, 4) is 5.75 Å². The zero-order chi connectivity index (χ0) is 13.0. The number of aromatic nitrogens is 2. The topological polar surface area (TPSA) is 76.3 Å². The Morgan fingerprint density at radius 2 is 2.11 bits per heavy atom. The molecule has 1 aromatic heterocycles. The van der Waals surface area contributed by atoms with Gasteiger partial charge >= 0.3 is 0 Å². The molecule has 2 rings (SSSR count). The number of nitrogens with one attached hydrogen (secondary N) is 1. The number of rotatable bonds is 4. The molecular weight excluding hydrogens is 230 g/mol. The normalized spacial score (nSPS) is 9.94. The van der Waals surface area contributed by atoms with Crippen molar-refractivity contribution in [2.24, 2.45) is 5.84 Å². The van der Waals surface area contributed by atoms with Gasteiger partial charge in [-0.1, -0.05) is 6.07 Å². The van der Waals surface area contributed by atoms with E-state index in [4.69, 9.17) is 10.6 Å². The summed E-state index contributed by atoms with van der Waals surface area (Å²) in [5.74, 6) is 7.43. The summed E-state index contributed by atoms with van der Waals surface area (Å²) in [6.45, 7) is 0. The Balaban J connectivity index is 2.31. The van der Waals surface area contributed by atoms with Gasteiger partial charge in [-0.3, -0.25) is 0 Å². The van der Waals surface area contributed by atoms with Gasteiger partial charge in [0.1, 0.15) is 23.7 Å². The molecule has 1 heterocycles. The number of hydrogen-bond donors (Lipinski definition) is 2. The third-order valence-electron chi connectivity index (χ3n) is 2.58. The van der Waals surface area contributed by atoms with Gasteiger partial charge in [0.05, 0.1) is 7.11 Å². The maximum Gasteiger partial charge on any atom is 0.145 e. The Morgan fingerprint density at radius 1 is 1.28 bits per heavy atom. The largest absolute Gasteiger partial charge is 0.497 e. The molecule has 0 aliphatic heterocycles. The predicted octanol–water partition coefficient (Wildman–Crippen LogP) is 1.54. The summed E-state index contributed by atoms with van der Waals surface area (Å²) >= 11 is 0. The van der Waals surface area contributed by atoms with Crippen molar-refractivity contribution in [1.29, 1.82) is 0 Å². The van der Waals surface area contributed by atoms with Crippen LogP contribution in [-0.2, 0) is 0 Å². The zero-order valence-corrected chi connectivity index (χ0v) is 10.3. The second-order valence-electron chi connectivity index (χ2n) is 3.67. The van der Waals surface area contributed by atoms with Crippen LogP contribution in [0.1, 0.15) is 0 Å². The third kappa shape index (κ3) is 2.49. The highest BCUT2D eigenvalue weighted by Crippen LogP contribution is 2.25. The van der Waals surface area contributed by atoms with E-state index in [1.165, 1.54) is 6.33 Å². The number of hydrazine groups is 1. The summed E-state index contributed by atoms with van der Waals surface area (Å²) < 4.78 is 5.19. The van der Waals surface area contributed by atoms with Crippen molar-refractivity contribution in [1.82, 2.24) is 9.97 Å². The fourth-order valence-corrected chi connectivity index (χ4v) is 1.56. The molecular formula is C12H15N5O. The first-order valence-corrected chi connectivity index (χ1v) is 5.41. The quantitative estimate of drug-likeness (QED) is 0.628. The van der Waals surface area contributed by atoms with Crippen LogP contribution < -0.4 is 20.9 Å². The van der Waals surface area contributed by atoms with Crippen molar-refractivity contribution < 1.29 is 4.74 Å². The molecule has 3 N–H and O–H groups in total. The smallest absolute Gasteiger partial charge is 0.145 e. The summed E-state index contributed by atoms with van der Waals surface area (Å²) in [6.07, 6.45) is 1.46. The predicted molar refractivity (Wildman–Crippen MR) is 70.9 cm³/mol. The Labute approximate surface area is 105 Å². The number of nitrogen functional groups attached to an aromatic ring is 1. The Hall–Kier alpha value is -2.34. The van der Waals surface area contributed by atoms with Gasteiger partial charge in [-0.2, -0.15) is 0 Å². The van der Waals surface area contributed by atoms with Crippen LogP contribution in [-0.4, -0.2) is 24.1 Å². The number of anilines is 3. The van der Waals surface area contributed by atoms with Gasteiger partial charge in [-0.25, -0.2) is 15.8 Å². The van der Waals surface area contributed by atoms with Crippen LogP contribution in [0, 0.1) is 0 Å². The molecule has 0 unspecified atom stereocenters. The molecule has 94 valence electrons. The molecule has 0 fully saturated rings. The van der Waals surface area contributed by atoms with Crippen molar-refractivity contribution in [2.45, 2.75) is 0 Å². The molecule has 0 amide bonds. The van der Waals surface area contributed by atoms with Gasteiger partial charge in [0, 0.05) is 24.9 Å². The first-order chi connectivity index (χ1) is 8.74. The number of nitrogens with zero attached hydrogens (tertiary/aromatic N) is 3. The molecule has 0 radical (unpaired) electrons. The number of nitrogens with two attached hydrogens (primary N) is 1. The van der Waals surface area contributed by atoms with E-state index in [0.29, 0.717) is 5.82 Å². The van der Waals surface area contributed by atoms with Crippen LogP contribution in [0.5, 0.6) is 5.75 Å². The fraction of sp³-hybridized carbons (Fsp3) is 0.167. The minimum Gasteiger partial charge on any atom is -0.497 e. The number of hydrogen-bond acceptors (Lipinski definition) is 6. The van der Waals surface area contributed by atoms with Crippen LogP contribution in [0.4, 0.5) is 17.3 Å². The van der Waals surface area contributed by atoms with E-state index in [2.05, 4.69) is 15.4 Å². The molecule has 6 nitrogen and oxygen atoms in total. The lowest BCUT2D eigenvalue weighted by atomic mass is 10.3. The molecule has 2 aromatic rings. The first kappa shape index (κ1) is 12.1. The van der Waals surface area contributed by atoms with Crippen molar-refractivity contribution in [3.63, 3.8) is 0 Å². The van der Waals surface area contributed by atoms with Crippen molar-refractivity contribution in [3.05, 3.63) is 36.7 Å². The molecule has 1 aromatic carbocycles. The minimum absolute atomic E-state index is 0.565. The Morgan fingerprint density at radius 3 is 2.83 bits per heavy atom. The third-order valence-corrected chi connectivity index (χ3v) is 2.58. The highest BCUT2D eigenvalue weighted by atomic mass is 16.5. The van der Waals surface area contributed by atoms with Crippen molar-refractivity contribution >= 4 is 17.3 Å². The summed E-state index contributed by atoms with van der Waals surface area (Å²) in [5.41, 5.74) is 3.46. The van der Waals surface area contributed by atoms with E-state index < -0.39 is 0 Å². The second kappa shape index (κ2) is 5.33. The molecule has 0 aliphatic carbocycles. The van der Waals surface area contributed by atoms with Gasteiger partial charge in [0.25, 0.3) is 0 Å². The number of methoxy groups -OCH3 is 1. The molecule has 0 spiro atoms. The van der Waals surface area contributed by atoms with Crippen LogP contribution >= 0.6 is 0 Å². The summed E-state index contributed by atoms with van der Waals surface area (Å²) in [4.78, 5) is 10.1. The van der Waals surface area contributed by atoms with Gasteiger partial charge in [0.2, 0.25) is 0 Å².